The number of hydrogen-bond acceptors (Lipinski definition) is 6. The Morgan fingerprint density at radius 1 is 1.06 bits per heavy atom. The molecule has 1 aliphatic carbocycles. The van der Waals surface area contributed by atoms with Crippen LogP contribution in [0.25, 0.3) is 16.9 Å². The zero-order valence-corrected chi connectivity index (χ0v) is 19.6. The number of nitrogens with zero attached hydrogens (tertiary/aromatic N) is 3. The summed E-state index contributed by atoms with van der Waals surface area (Å²) in [5.41, 5.74) is 4.66. The molecule has 2 aromatic carbocycles. The number of nitrogens with one attached hydrogen (secondary N) is 1. The Morgan fingerprint density at radius 3 is 2.59 bits per heavy atom. The van der Waals surface area contributed by atoms with Crippen molar-refractivity contribution in [1.29, 1.82) is 0 Å². The van der Waals surface area contributed by atoms with Crippen molar-refractivity contribution >= 4 is 22.4 Å². The summed E-state index contributed by atoms with van der Waals surface area (Å²) < 4.78 is 25.8. The van der Waals surface area contributed by atoms with Crippen LogP contribution in [0.1, 0.15) is 34.6 Å². The van der Waals surface area contributed by atoms with Crippen molar-refractivity contribution < 1.29 is 18.7 Å². The van der Waals surface area contributed by atoms with Crippen molar-refractivity contribution in [3.05, 3.63) is 70.6 Å². The number of benzene rings is 2. The molecule has 9 heteroatoms. The second-order valence-corrected chi connectivity index (χ2v) is 8.79. The van der Waals surface area contributed by atoms with E-state index in [1.165, 1.54) is 23.5 Å². The quantitative estimate of drug-likeness (QED) is 0.408. The number of ether oxygens (including phenoxy) is 2. The normalized spacial score (nSPS) is 12.8. The SMILES string of the molecule is COc1ccc(-c2csc(NC(=O)c3nn(-c4ccc(F)cc4)c4c3CCCC4)n2)cc1OC. The molecule has 34 heavy (non-hydrogen) atoms. The summed E-state index contributed by atoms with van der Waals surface area (Å²) in [6, 6.07) is 11.7. The summed E-state index contributed by atoms with van der Waals surface area (Å²) in [6.07, 6.45) is 3.65. The van der Waals surface area contributed by atoms with Gasteiger partial charge in [0.15, 0.2) is 22.3 Å². The Bertz CT molecular complexity index is 1350. The predicted molar refractivity (Wildman–Crippen MR) is 129 cm³/mol. The molecule has 174 valence electrons. The minimum absolute atomic E-state index is 0.299. The van der Waals surface area contributed by atoms with E-state index in [2.05, 4.69) is 15.4 Å². The topological polar surface area (TPSA) is 78.3 Å². The van der Waals surface area contributed by atoms with Gasteiger partial charge in [0.2, 0.25) is 0 Å². The third kappa shape index (κ3) is 4.14. The smallest absolute Gasteiger partial charge is 0.278 e. The molecule has 1 aliphatic rings. The van der Waals surface area contributed by atoms with Crippen molar-refractivity contribution in [3.63, 3.8) is 0 Å². The Kier molecular flexibility index (Phi) is 6.02. The van der Waals surface area contributed by atoms with Crippen LogP contribution in [-0.2, 0) is 12.8 Å². The molecule has 0 saturated carbocycles. The number of aromatic nitrogens is 3. The van der Waals surface area contributed by atoms with Crippen LogP contribution in [0.4, 0.5) is 9.52 Å². The van der Waals surface area contributed by atoms with Gasteiger partial charge in [-0.05, 0) is 68.1 Å². The highest BCUT2D eigenvalue weighted by Crippen LogP contribution is 2.34. The predicted octanol–water partition coefficient (Wildman–Crippen LogP) is 5.28. The van der Waals surface area contributed by atoms with Gasteiger partial charge in [0.1, 0.15) is 5.82 Å². The Balaban J connectivity index is 1.41. The van der Waals surface area contributed by atoms with Gasteiger partial charge >= 0.3 is 0 Å². The van der Waals surface area contributed by atoms with Gasteiger partial charge in [-0.15, -0.1) is 11.3 Å². The van der Waals surface area contributed by atoms with Crippen molar-refractivity contribution in [1.82, 2.24) is 14.8 Å². The van der Waals surface area contributed by atoms with E-state index < -0.39 is 0 Å². The zero-order valence-electron chi connectivity index (χ0n) is 18.8. The fourth-order valence-corrected chi connectivity index (χ4v) is 4.91. The van der Waals surface area contributed by atoms with Crippen molar-refractivity contribution in [2.75, 3.05) is 19.5 Å². The molecule has 7 nitrogen and oxygen atoms in total. The van der Waals surface area contributed by atoms with Crippen LogP contribution in [-0.4, -0.2) is 34.9 Å². The van der Waals surface area contributed by atoms with Gasteiger partial charge in [0.25, 0.3) is 5.91 Å². The van der Waals surface area contributed by atoms with Gasteiger partial charge in [-0.2, -0.15) is 5.10 Å². The number of rotatable bonds is 6. The second-order valence-electron chi connectivity index (χ2n) is 7.93. The van der Waals surface area contributed by atoms with Gasteiger partial charge in [0, 0.05) is 22.2 Å². The summed E-state index contributed by atoms with van der Waals surface area (Å²) in [6.45, 7) is 0. The van der Waals surface area contributed by atoms with Crippen LogP contribution in [0, 0.1) is 5.82 Å². The molecule has 0 radical (unpaired) electrons. The van der Waals surface area contributed by atoms with Crippen LogP contribution in [0.5, 0.6) is 11.5 Å². The molecule has 4 aromatic rings. The third-order valence-corrected chi connectivity index (χ3v) is 6.63. The zero-order chi connectivity index (χ0) is 23.7. The fourth-order valence-electron chi connectivity index (χ4n) is 4.19. The van der Waals surface area contributed by atoms with Gasteiger partial charge in [-0.1, -0.05) is 0 Å². The average molecular weight is 479 g/mol. The molecule has 5 rings (SSSR count). The largest absolute Gasteiger partial charge is 0.493 e. The lowest BCUT2D eigenvalue weighted by Gasteiger charge is -2.14. The summed E-state index contributed by atoms with van der Waals surface area (Å²) in [4.78, 5) is 17.8. The molecule has 2 heterocycles. The van der Waals surface area contributed by atoms with E-state index in [9.17, 15) is 9.18 Å². The lowest BCUT2D eigenvalue weighted by atomic mass is 9.95. The number of methoxy groups -OCH3 is 2. The van der Waals surface area contributed by atoms with Crippen LogP contribution < -0.4 is 14.8 Å². The first kappa shape index (κ1) is 22.1. The molecule has 0 unspecified atom stereocenters. The van der Waals surface area contributed by atoms with Crippen molar-refractivity contribution in [2.24, 2.45) is 0 Å². The first-order valence-electron chi connectivity index (χ1n) is 10.9. The molecular formula is C25H23FN4O3S. The standard InChI is InChI=1S/C25H23FN4O3S/c1-32-21-12-7-15(13-22(21)33-2)19-14-34-25(27-19)28-24(31)23-18-5-3-4-6-20(18)30(29-23)17-10-8-16(26)9-11-17/h7-14H,3-6H2,1-2H3,(H,27,28,31). The summed E-state index contributed by atoms with van der Waals surface area (Å²) >= 11 is 1.34. The average Bonchev–Trinajstić information content (AvgIpc) is 3.49. The van der Waals surface area contributed by atoms with Crippen LogP contribution in [0.2, 0.25) is 0 Å². The van der Waals surface area contributed by atoms with E-state index >= 15 is 0 Å². The Morgan fingerprint density at radius 2 is 1.82 bits per heavy atom. The number of carbonyl (C=O) groups is 1. The molecule has 0 atom stereocenters. The number of anilines is 1. The lowest BCUT2D eigenvalue weighted by Crippen LogP contribution is -2.15. The maximum absolute atomic E-state index is 13.4. The number of carbonyl (C=O) groups excluding carboxylic acids is 1. The number of halogens is 1. The first-order valence-corrected chi connectivity index (χ1v) is 11.8. The van der Waals surface area contributed by atoms with E-state index in [0.29, 0.717) is 22.3 Å². The van der Waals surface area contributed by atoms with Crippen molar-refractivity contribution in [3.8, 4) is 28.4 Å². The van der Waals surface area contributed by atoms with Crippen LogP contribution in [0.15, 0.2) is 47.8 Å². The fraction of sp³-hybridized carbons (Fsp3) is 0.240. The number of amides is 1. The third-order valence-electron chi connectivity index (χ3n) is 5.87. The summed E-state index contributed by atoms with van der Waals surface area (Å²) in [5, 5.41) is 9.88. The molecule has 1 N–H and O–H groups in total. The van der Waals surface area contributed by atoms with Gasteiger partial charge in [0.05, 0.1) is 25.6 Å². The lowest BCUT2D eigenvalue weighted by molar-refractivity contribution is 0.102. The first-order chi connectivity index (χ1) is 16.6. The van der Waals surface area contributed by atoms with E-state index in [0.717, 1.165) is 53.9 Å². The molecule has 0 saturated heterocycles. The van der Waals surface area contributed by atoms with Gasteiger partial charge < -0.3 is 9.47 Å². The molecule has 0 bridgehead atoms. The Labute approximate surface area is 200 Å². The molecule has 2 aromatic heterocycles. The minimum atomic E-state index is -0.309. The minimum Gasteiger partial charge on any atom is -0.493 e. The maximum atomic E-state index is 13.4. The highest BCUT2D eigenvalue weighted by Gasteiger charge is 2.26. The molecule has 1 amide bonds. The van der Waals surface area contributed by atoms with E-state index in [1.807, 2.05) is 23.6 Å². The van der Waals surface area contributed by atoms with Crippen molar-refractivity contribution in [2.45, 2.75) is 25.7 Å². The van der Waals surface area contributed by atoms with E-state index in [1.54, 1.807) is 31.0 Å². The van der Waals surface area contributed by atoms with Crippen LogP contribution >= 0.6 is 11.3 Å². The Hall–Kier alpha value is -3.72. The highest BCUT2D eigenvalue weighted by molar-refractivity contribution is 7.14. The molecule has 0 spiro atoms. The molecule has 0 fully saturated rings. The van der Waals surface area contributed by atoms with Gasteiger partial charge in [-0.25, -0.2) is 14.1 Å². The maximum Gasteiger partial charge on any atom is 0.278 e. The van der Waals surface area contributed by atoms with Gasteiger partial charge in [-0.3, -0.25) is 10.1 Å². The monoisotopic (exact) mass is 478 g/mol. The summed E-state index contributed by atoms with van der Waals surface area (Å²) in [7, 11) is 3.17. The number of fused-ring (bicyclic) bond motifs is 1. The van der Waals surface area contributed by atoms with Crippen LogP contribution in [0.3, 0.4) is 0 Å². The van der Waals surface area contributed by atoms with E-state index in [-0.39, 0.29) is 11.7 Å². The molecular weight excluding hydrogens is 455 g/mol. The highest BCUT2D eigenvalue weighted by atomic mass is 32.1. The number of hydrogen-bond donors (Lipinski definition) is 1. The summed E-state index contributed by atoms with van der Waals surface area (Å²) in [5.74, 6) is 0.636. The van der Waals surface area contributed by atoms with E-state index in [4.69, 9.17) is 9.47 Å². The molecule has 0 aliphatic heterocycles. The number of thiazole rings is 1. The second kappa shape index (κ2) is 9.26.